The minimum absolute atomic E-state index is 0.129. The summed E-state index contributed by atoms with van der Waals surface area (Å²) < 4.78 is 0. The molecule has 4 nitrogen and oxygen atoms in total. The van der Waals surface area contributed by atoms with Gasteiger partial charge < -0.3 is 11.1 Å². The van der Waals surface area contributed by atoms with Crippen molar-refractivity contribution >= 4 is 5.91 Å². The van der Waals surface area contributed by atoms with Crippen molar-refractivity contribution < 1.29 is 4.79 Å². The van der Waals surface area contributed by atoms with Gasteiger partial charge in [-0.1, -0.05) is 13.8 Å². The molecule has 0 bridgehead atoms. The fraction of sp³-hybridized carbons (Fsp3) is 0.909. The van der Waals surface area contributed by atoms with Crippen LogP contribution in [0.1, 0.15) is 26.7 Å². The van der Waals surface area contributed by atoms with E-state index in [1.807, 2.05) is 0 Å². The maximum Gasteiger partial charge on any atom is 0.234 e. The van der Waals surface area contributed by atoms with E-state index in [9.17, 15) is 4.79 Å². The third kappa shape index (κ3) is 5.14. The van der Waals surface area contributed by atoms with Gasteiger partial charge in [-0.15, -0.1) is 0 Å². The largest absolute Gasteiger partial charge is 0.355 e. The Labute approximate surface area is 92.2 Å². The van der Waals surface area contributed by atoms with E-state index in [0.29, 0.717) is 12.5 Å². The zero-order valence-corrected chi connectivity index (χ0v) is 9.83. The van der Waals surface area contributed by atoms with Gasteiger partial charge in [0.15, 0.2) is 0 Å². The van der Waals surface area contributed by atoms with Crippen molar-refractivity contribution in [3.05, 3.63) is 0 Å². The number of carbonyl (C=O) groups excluding carboxylic acids is 1. The Bertz CT molecular complexity index is 206. The number of nitrogens with zero attached hydrogens (tertiary/aromatic N) is 1. The Kier molecular flexibility index (Phi) is 5.05. The lowest BCUT2D eigenvalue weighted by molar-refractivity contribution is -0.122. The van der Waals surface area contributed by atoms with Crippen molar-refractivity contribution in [1.82, 2.24) is 10.2 Å². The van der Waals surface area contributed by atoms with Crippen molar-refractivity contribution in [1.29, 1.82) is 0 Å². The van der Waals surface area contributed by atoms with Crippen LogP contribution in [-0.2, 0) is 4.79 Å². The third-order valence-electron chi connectivity index (χ3n) is 2.72. The van der Waals surface area contributed by atoms with Gasteiger partial charge >= 0.3 is 0 Å². The van der Waals surface area contributed by atoms with Crippen LogP contribution in [0.3, 0.4) is 0 Å². The summed E-state index contributed by atoms with van der Waals surface area (Å²) in [4.78, 5) is 13.6. The Hall–Kier alpha value is -0.610. The minimum Gasteiger partial charge on any atom is -0.355 e. The summed E-state index contributed by atoms with van der Waals surface area (Å²) in [6.07, 6.45) is 2.06. The van der Waals surface area contributed by atoms with Crippen LogP contribution in [0.4, 0.5) is 0 Å². The van der Waals surface area contributed by atoms with Gasteiger partial charge in [0.1, 0.15) is 0 Å². The molecule has 1 amide bonds. The fourth-order valence-electron chi connectivity index (χ4n) is 1.77. The summed E-state index contributed by atoms with van der Waals surface area (Å²) in [6, 6.07) is 0.258. The molecule has 3 N–H and O–H groups in total. The molecule has 1 rings (SSSR count). The SMILES string of the molecule is CC(C)CCNC(=O)CN1CCC(N)C1. The number of nitrogens with two attached hydrogens (primary N) is 1. The number of likely N-dealkylation sites (tertiary alicyclic amines) is 1. The first kappa shape index (κ1) is 12.5. The second-order valence-electron chi connectivity index (χ2n) is 4.82. The van der Waals surface area contributed by atoms with E-state index < -0.39 is 0 Å². The average molecular weight is 213 g/mol. The Balaban J connectivity index is 2.08. The van der Waals surface area contributed by atoms with Gasteiger partial charge in [-0.25, -0.2) is 0 Å². The summed E-state index contributed by atoms with van der Waals surface area (Å²) in [5, 5.41) is 2.93. The van der Waals surface area contributed by atoms with Crippen molar-refractivity contribution in [3.8, 4) is 0 Å². The molecule has 0 spiro atoms. The molecular formula is C11H23N3O. The number of rotatable bonds is 5. The predicted octanol–water partition coefficient (Wildman–Crippen LogP) is 0.182. The van der Waals surface area contributed by atoms with Crippen LogP contribution in [0.5, 0.6) is 0 Å². The molecule has 0 saturated carbocycles. The first-order chi connectivity index (χ1) is 7.08. The molecule has 0 aromatic rings. The molecule has 0 radical (unpaired) electrons. The highest BCUT2D eigenvalue weighted by Gasteiger charge is 2.20. The minimum atomic E-state index is 0.129. The summed E-state index contributed by atoms with van der Waals surface area (Å²) in [6.45, 7) is 7.43. The molecule has 0 aromatic heterocycles. The molecule has 1 atom stereocenters. The van der Waals surface area contributed by atoms with Gasteiger partial charge in [0, 0.05) is 25.7 Å². The lowest BCUT2D eigenvalue weighted by atomic mass is 10.1. The van der Waals surface area contributed by atoms with Crippen molar-refractivity contribution in [2.45, 2.75) is 32.7 Å². The van der Waals surface area contributed by atoms with Crippen molar-refractivity contribution in [2.24, 2.45) is 11.7 Å². The molecule has 1 unspecified atom stereocenters. The standard InChI is InChI=1S/C11H23N3O/c1-9(2)3-5-13-11(15)8-14-6-4-10(12)7-14/h9-10H,3-8,12H2,1-2H3,(H,13,15). The molecule has 1 aliphatic heterocycles. The molecule has 1 fully saturated rings. The fourth-order valence-corrected chi connectivity index (χ4v) is 1.77. The van der Waals surface area contributed by atoms with Gasteiger partial charge in [0.05, 0.1) is 6.54 Å². The smallest absolute Gasteiger partial charge is 0.234 e. The van der Waals surface area contributed by atoms with Crippen LogP contribution in [0.2, 0.25) is 0 Å². The lowest BCUT2D eigenvalue weighted by Gasteiger charge is -2.14. The highest BCUT2D eigenvalue weighted by Crippen LogP contribution is 2.05. The maximum atomic E-state index is 11.5. The van der Waals surface area contributed by atoms with Gasteiger partial charge in [-0.05, 0) is 18.8 Å². The predicted molar refractivity (Wildman–Crippen MR) is 61.5 cm³/mol. The molecule has 0 aromatic carbocycles. The van der Waals surface area contributed by atoms with Crippen LogP contribution in [0.15, 0.2) is 0 Å². The zero-order valence-electron chi connectivity index (χ0n) is 9.83. The molecule has 15 heavy (non-hydrogen) atoms. The normalized spacial score (nSPS) is 22.3. The molecule has 0 aliphatic carbocycles. The van der Waals surface area contributed by atoms with Gasteiger partial charge in [-0.2, -0.15) is 0 Å². The van der Waals surface area contributed by atoms with Crippen LogP contribution >= 0.6 is 0 Å². The number of nitrogens with one attached hydrogen (secondary N) is 1. The van der Waals surface area contributed by atoms with E-state index in [0.717, 1.165) is 32.5 Å². The molecule has 1 heterocycles. The molecule has 88 valence electrons. The summed E-state index contributed by atoms with van der Waals surface area (Å²) >= 11 is 0. The van der Waals surface area contributed by atoms with Gasteiger partial charge in [-0.3, -0.25) is 9.69 Å². The van der Waals surface area contributed by atoms with E-state index >= 15 is 0 Å². The maximum absolute atomic E-state index is 11.5. The van der Waals surface area contributed by atoms with E-state index in [-0.39, 0.29) is 11.9 Å². The van der Waals surface area contributed by atoms with Crippen molar-refractivity contribution in [2.75, 3.05) is 26.2 Å². The van der Waals surface area contributed by atoms with E-state index in [1.54, 1.807) is 0 Å². The van der Waals surface area contributed by atoms with Crippen LogP contribution in [0, 0.1) is 5.92 Å². The molecular weight excluding hydrogens is 190 g/mol. The van der Waals surface area contributed by atoms with Gasteiger partial charge in [0.2, 0.25) is 5.91 Å². The van der Waals surface area contributed by atoms with E-state index in [2.05, 4.69) is 24.1 Å². The Morgan fingerprint density at radius 1 is 1.60 bits per heavy atom. The Morgan fingerprint density at radius 3 is 2.87 bits per heavy atom. The summed E-state index contributed by atoms with van der Waals surface area (Å²) in [5.41, 5.74) is 5.77. The average Bonchev–Trinajstić information content (AvgIpc) is 2.50. The summed E-state index contributed by atoms with van der Waals surface area (Å²) in [5.74, 6) is 0.773. The van der Waals surface area contributed by atoms with Crippen LogP contribution in [-0.4, -0.2) is 43.0 Å². The lowest BCUT2D eigenvalue weighted by Crippen LogP contribution is -2.37. The quantitative estimate of drug-likeness (QED) is 0.685. The summed E-state index contributed by atoms with van der Waals surface area (Å²) in [7, 11) is 0. The number of carbonyl (C=O) groups is 1. The van der Waals surface area contributed by atoms with Gasteiger partial charge in [0.25, 0.3) is 0 Å². The van der Waals surface area contributed by atoms with Crippen LogP contribution < -0.4 is 11.1 Å². The first-order valence-electron chi connectivity index (χ1n) is 5.82. The molecule has 4 heteroatoms. The van der Waals surface area contributed by atoms with Crippen molar-refractivity contribution in [3.63, 3.8) is 0 Å². The topological polar surface area (TPSA) is 58.4 Å². The first-order valence-corrected chi connectivity index (χ1v) is 5.82. The second-order valence-corrected chi connectivity index (χ2v) is 4.82. The number of amides is 1. The number of hydrogen-bond acceptors (Lipinski definition) is 3. The zero-order chi connectivity index (χ0) is 11.3. The molecule has 1 saturated heterocycles. The van der Waals surface area contributed by atoms with Crippen LogP contribution in [0.25, 0.3) is 0 Å². The number of hydrogen-bond donors (Lipinski definition) is 2. The third-order valence-corrected chi connectivity index (χ3v) is 2.72. The Morgan fingerprint density at radius 2 is 2.33 bits per heavy atom. The van der Waals surface area contributed by atoms with E-state index in [1.165, 1.54) is 0 Å². The second kappa shape index (κ2) is 6.08. The highest BCUT2D eigenvalue weighted by molar-refractivity contribution is 5.78. The van der Waals surface area contributed by atoms with E-state index in [4.69, 9.17) is 5.73 Å². The highest BCUT2D eigenvalue weighted by atomic mass is 16.2. The monoisotopic (exact) mass is 213 g/mol. The molecule has 1 aliphatic rings.